The summed E-state index contributed by atoms with van der Waals surface area (Å²) in [5, 5.41) is 4.91. The maximum absolute atomic E-state index is 6.39. The van der Waals surface area contributed by atoms with Crippen molar-refractivity contribution >= 4 is 11.6 Å². The summed E-state index contributed by atoms with van der Waals surface area (Å²) < 4.78 is 7.83. The second kappa shape index (κ2) is 5.11. The zero-order valence-corrected chi connectivity index (χ0v) is 12.3. The second-order valence-electron chi connectivity index (χ2n) is 5.41. The highest BCUT2D eigenvalue weighted by Crippen LogP contribution is 2.35. The minimum absolute atomic E-state index is 0.0981. The second-order valence-corrected chi connectivity index (χ2v) is 5.82. The third-order valence-corrected chi connectivity index (χ3v) is 3.96. The lowest BCUT2D eigenvalue weighted by molar-refractivity contribution is 0.193. The topological polar surface area (TPSA) is 53.1 Å². The van der Waals surface area contributed by atoms with Crippen molar-refractivity contribution in [3.63, 3.8) is 0 Å². The summed E-state index contributed by atoms with van der Waals surface area (Å²) in [5.41, 5.74) is 8.43. The molecule has 0 amide bonds. The van der Waals surface area contributed by atoms with Gasteiger partial charge in [-0.25, -0.2) is 0 Å². The summed E-state index contributed by atoms with van der Waals surface area (Å²) in [4.78, 5) is 0. The van der Waals surface area contributed by atoms with Gasteiger partial charge in [-0.05, 0) is 25.5 Å². The van der Waals surface area contributed by atoms with E-state index >= 15 is 0 Å². The molecule has 4 nitrogen and oxygen atoms in total. The monoisotopic (exact) mass is 291 g/mol. The summed E-state index contributed by atoms with van der Waals surface area (Å²) in [5.74, 6) is 0.916. The molecule has 3 rings (SSSR count). The van der Waals surface area contributed by atoms with Crippen molar-refractivity contribution in [1.29, 1.82) is 0 Å². The van der Waals surface area contributed by atoms with Crippen LogP contribution in [0, 0.1) is 0 Å². The van der Waals surface area contributed by atoms with Gasteiger partial charge in [0, 0.05) is 12.5 Å². The molecule has 1 aromatic heterocycles. The lowest BCUT2D eigenvalue weighted by Gasteiger charge is -2.22. The number of ether oxygens (including phenoxy) is 1. The van der Waals surface area contributed by atoms with Crippen LogP contribution in [0.25, 0.3) is 0 Å². The molecule has 2 heterocycles. The smallest absolute Gasteiger partial charge is 0.124 e. The van der Waals surface area contributed by atoms with E-state index in [-0.39, 0.29) is 18.2 Å². The van der Waals surface area contributed by atoms with E-state index in [0.717, 1.165) is 17.9 Å². The van der Waals surface area contributed by atoms with Crippen LogP contribution >= 0.6 is 11.6 Å². The molecular formula is C15H18ClN3O. The van der Waals surface area contributed by atoms with E-state index in [1.165, 1.54) is 5.56 Å². The standard InChI is InChI=1S/C15H18ClN3O/c1-9(2)19-15(11(16)8-18-19)14(17)13-7-10-5-3-4-6-12(10)20-13/h3-6,8-9,13-14H,7,17H2,1-2H3. The summed E-state index contributed by atoms with van der Waals surface area (Å²) in [6, 6.07) is 7.96. The molecule has 0 radical (unpaired) electrons. The van der Waals surface area contributed by atoms with Crippen molar-refractivity contribution in [2.75, 3.05) is 0 Å². The quantitative estimate of drug-likeness (QED) is 0.945. The van der Waals surface area contributed by atoms with Gasteiger partial charge in [0.05, 0.1) is 23.0 Å². The van der Waals surface area contributed by atoms with Gasteiger partial charge >= 0.3 is 0 Å². The predicted molar refractivity (Wildman–Crippen MR) is 79.1 cm³/mol. The summed E-state index contributed by atoms with van der Waals surface area (Å²) in [7, 11) is 0. The Bertz CT molecular complexity index is 598. The first-order valence-corrected chi connectivity index (χ1v) is 7.18. The first kappa shape index (κ1) is 13.5. The fourth-order valence-corrected chi connectivity index (χ4v) is 2.92. The lowest BCUT2D eigenvalue weighted by Crippen LogP contribution is -2.32. The van der Waals surface area contributed by atoms with Crippen LogP contribution in [-0.2, 0) is 6.42 Å². The number of halogens is 1. The van der Waals surface area contributed by atoms with Gasteiger partial charge in [-0.1, -0.05) is 29.8 Å². The average molecular weight is 292 g/mol. The molecule has 0 spiro atoms. The van der Waals surface area contributed by atoms with E-state index in [1.807, 2.05) is 22.9 Å². The van der Waals surface area contributed by atoms with E-state index in [1.54, 1.807) is 6.20 Å². The van der Waals surface area contributed by atoms with Gasteiger partial charge < -0.3 is 10.5 Å². The Labute approximate surface area is 123 Å². The highest BCUT2D eigenvalue weighted by atomic mass is 35.5. The third kappa shape index (κ3) is 2.19. The Morgan fingerprint density at radius 1 is 1.40 bits per heavy atom. The van der Waals surface area contributed by atoms with E-state index in [2.05, 4.69) is 25.0 Å². The number of benzene rings is 1. The largest absolute Gasteiger partial charge is 0.488 e. The van der Waals surface area contributed by atoms with Crippen LogP contribution in [0.15, 0.2) is 30.5 Å². The zero-order chi connectivity index (χ0) is 14.3. The molecule has 2 atom stereocenters. The van der Waals surface area contributed by atoms with Crippen LogP contribution in [0.1, 0.15) is 37.2 Å². The average Bonchev–Trinajstić information content (AvgIpc) is 3.01. The van der Waals surface area contributed by atoms with Crippen LogP contribution in [0.5, 0.6) is 5.75 Å². The Balaban J connectivity index is 1.88. The SMILES string of the molecule is CC(C)n1ncc(Cl)c1C(N)C1Cc2ccccc2O1. The summed E-state index contributed by atoms with van der Waals surface area (Å²) in [6.07, 6.45) is 2.36. The predicted octanol–water partition coefficient (Wildman–Crippen LogP) is 3.12. The van der Waals surface area contributed by atoms with Crippen LogP contribution in [-0.4, -0.2) is 15.9 Å². The van der Waals surface area contributed by atoms with Gasteiger partial charge in [0.15, 0.2) is 0 Å². The van der Waals surface area contributed by atoms with E-state index in [9.17, 15) is 0 Å². The fourth-order valence-electron chi connectivity index (χ4n) is 2.66. The van der Waals surface area contributed by atoms with E-state index in [4.69, 9.17) is 22.1 Å². The molecule has 2 unspecified atom stereocenters. The number of nitrogens with zero attached hydrogens (tertiary/aromatic N) is 2. The molecule has 2 N–H and O–H groups in total. The van der Waals surface area contributed by atoms with Crippen molar-refractivity contribution < 1.29 is 4.74 Å². The molecule has 0 fully saturated rings. The maximum Gasteiger partial charge on any atom is 0.124 e. The van der Waals surface area contributed by atoms with Gasteiger partial charge in [-0.2, -0.15) is 5.10 Å². The maximum atomic E-state index is 6.39. The molecule has 0 aliphatic carbocycles. The molecule has 0 saturated heterocycles. The van der Waals surface area contributed by atoms with Crippen molar-refractivity contribution in [2.24, 2.45) is 5.73 Å². The fraction of sp³-hybridized carbons (Fsp3) is 0.400. The van der Waals surface area contributed by atoms with Crippen LogP contribution in [0.2, 0.25) is 5.02 Å². The molecule has 5 heteroatoms. The number of nitrogens with two attached hydrogens (primary N) is 1. The van der Waals surface area contributed by atoms with E-state index < -0.39 is 0 Å². The first-order valence-electron chi connectivity index (χ1n) is 6.81. The number of fused-ring (bicyclic) bond motifs is 1. The van der Waals surface area contributed by atoms with Gasteiger partial charge in [-0.15, -0.1) is 0 Å². The van der Waals surface area contributed by atoms with Gasteiger partial charge in [0.1, 0.15) is 11.9 Å². The summed E-state index contributed by atoms with van der Waals surface area (Å²) >= 11 is 6.25. The van der Waals surface area contributed by atoms with Gasteiger partial charge in [-0.3, -0.25) is 4.68 Å². The normalized spacial score (nSPS) is 18.9. The van der Waals surface area contributed by atoms with Crippen LogP contribution < -0.4 is 10.5 Å². The van der Waals surface area contributed by atoms with Crippen LogP contribution in [0.3, 0.4) is 0 Å². The lowest BCUT2D eigenvalue weighted by atomic mass is 10.0. The Kier molecular flexibility index (Phi) is 3.44. The molecule has 0 bridgehead atoms. The Morgan fingerprint density at radius 2 is 2.15 bits per heavy atom. The minimum atomic E-state index is -0.292. The van der Waals surface area contributed by atoms with Gasteiger partial charge in [0.25, 0.3) is 0 Å². The van der Waals surface area contributed by atoms with Crippen molar-refractivity contribution in [3.05, 3.63) is 46.7 Å². The molecule has 1 aliphatic rings. The number of hydrogen-bond donors (Lipinski definition) is 1. The number of aromatic nitrogens is 2. The van der Waals surface area contributed by atoms with Crippen LogP contribution in [0.4, 0.5) is 0 Å². The van der Waals surface area contributed by atoms with Gasteiger partial charge in [0.2, 0.25) is 0 Å². The van der Waals surface area contributed by atoms with Crippen molar-refractivity contribution in [2.45, 2.75) is 38.5 Å². The molecular weight excluding hydrogens is 274 g/mol. The molecule has 0 saturated carbocycles. The Hall–Kier alpha value is -1.52. The number of rotatable bonds is 3. The molecule has 106 valence electrons. The molecule has 2 aromatic rings. The first-order chi connectivity index (χ1) is 9.58. The highest BCUT2D eigenvalue weighted by Gasteiger charge is 2.32. The molecule has 1 aliphatic heterocycles. The van der Waals surface area contributed by atoms with Crippen molar-refractivity contribution in [3.8, 4) is 5.75 Å². The van der Waals surface area contributed by atoms with E-state index in [0.29, 0.717) is 5.02 Å². The molecule has 20 heavy (non-hydrogen) atoms. The third-order valence-electron chi connectivity index (χ3n) is 3.66. The van der Waals surface area contributed by atoms with Crippen molar-refractivity contribution in [1.82, 2.24) is 9.78 Å². The number of para-hydroxylation sites is 1. The zero-order valence-electron chi connectivity index (χ0n) is 11.6. The Morgan fingerprint density at radius 3 is 2.85 bits per heavy atom. The summed E-state index contributed by atoms with van der Waals surface area (Å²) in [6.45, 7) is 4.12. The molecule has 1 aromatic carbocycles. The number of hydrogen-bond acceptors (Lipinski definition) is 3. The minimum Gasteiger partial charge on any atom is -0.488 e. The highest BCUT2D eigenvalue weighted by molar-refractivity contribution is 6.31.